The third-order valence-electron chi connectivity index (χ3n) is 7.48. The van der Waals surface area contributed by atoms with Gasteiger partial charge in [-0.05, 0) is 74.7 Å². The first-order valence-electron chi connectivity index (χ1n) is 11.7. The van der Waals surface area contributed by atoms with Gasteiger partial charge in [-0.3, -0.25) is 4.79 Å². The number of carbonyl (C=O) groups is 1. The van der Waals surface area contributed by atoms with Crippen molar-refractivity contribution in [3.05, 3.63) is 42.5 Å². The summed E-state index contributed by atoms with van der Waals surface area (Å²) in [5.41, 5.74) is 1.49. The predicted octanol–water partition coefficient (Wildman–Crippen LogP) is 6.13. The second-order valence-electron chi connectivity index (χ2n) is 9.18. The summed E-state index contributed by atoms with van der Waals surface area (Å²) in [5, 5.41) is 0. The highest BCUT2D eigenvalue weighted by molar-refractivity contribution is 5.69. The number of ether oxygens (including phenoxy) is 1. The van der Waals surface area contributed by atoms with Crippen molar-refractivity contribution in [3.63, 3.8) is 0 Å². The van der Waals surface area contributed by atoms with Crippen molar-refractivity contribution in [3.8, 4) is 5.75 Å². The minimum Gasteiger partial charge on any atom is -0.427 e. The van der Waals surface area contributed by atoms with Gasteiger partial charge < -0.3 is 9.64 Å². The third-order valence-corrected chi connectivity index (χ3v) is 7.48. The molecule has 160 valence electrons. The molecule has 1 aromatic rings. The standard InChI is InChI=1S/C26H39NO2/c1-4-6-12-24-20-27(17-15-22-10-7-8-11-22)18-16-26(24,5-2)23-13-9-14-25(19-23)29-21(3)28/h4,9,13-14,19,22,24H,1,5-8,10-12,15-18,20H2,2-3H3. The summed E-state index contributed by atoms with van der Waals surface area (Å²) in [6.45, 7) is 11.4. The van der Waals surface area contributed by atoms with Gasteiger partial charge in [-0.1, -0.05) is 50.8 Å². The van der Waals surface area contributed by atoms with Gasteiger partial charge in [0, 0.05) is 18.9 Å². The van der Waals surface area contributed by atoms with E-state index in [-0.39, 0.29) is 11.4 Å². The van der Waals surface area contributed by atoms with E-state index in [1.54, 1.807) is 0 Å². The van der Waals surface area contributed by atoms with Gasteiger partial charge in [-0.25, -0.2) is 0 Å². The molecule has 2 unspecified atom stereocenters. The number of nitrogens with zero attached hydrogens (tertiary/aromatic N) is 1. The molecule has 2 aliphatic rings. The number of benzene rings is 1. The predicted molar refractivity (Wildman–Crippen MR) is 120 cm³/mol. The Bertz CT molecular complexity index is 679. The average molecular weight is 398 g/mol. The van der Waals surface area contributed by atoms with Crippen molar-refractivity contribution < 1.29 is 9.53 Å². The lowest BCUT2D eigenvalue weighted by molar-refractivity contribution is -0.131. The quantitative estimate of drug-likeness (QED) is 0.285. The Balaban J connectivity index is 1.76. The summed E-state index contributed by atoms with van der Waals surface area (Å²) in [5.74, 6) is 1.99. The van der Waals surface area contributed by atoms with E-state index in [9.17, 15) is 4.79 Å². The van der Waals surface area contributed by atoms with E-state index in [1.807, 2.05) is 12.1 Å². The molecule has 0 aromatic heterocycles. The molecule has 0 spiro atoms. The Labute approximate surface area is 177 Å². The smallest absolute Gasteiger partial charge is 0.308 e. The fraction of sp³-hybridized carbons (Fsp3) is 0.654. The fourth-order valence-electron chi connectivity index (χ4n) is 5.78. The van der Waals surface area contributed by atoms with Crippen molar-refractivity contribution in [2.24, 2.45) is 11.8 Å². The van der Waals surface area contributed by atoms with Crippen molar-refractivity contribution in [2.45, 2.75) is 77.0 Å². The number of carbonyl (C=O) groups excluding carboxylic acids is 1. The Hall–Kier alpha value is -1.61. The van der Waals surface area contributed by atoms with Crippen LogP contribution < -0.4 is 4.74 Å². The molecule has 1 saturated carbocycles. The Morgan fingerprint density at radius 2 is 2.10 bits per heavy atom. The Morgan fingerprint density at radius 1 is 1.31 bits per heavy atom. The van der Waals surface area contributed by atoms with Crippen molar-refractivity contribution in [1.29, 1.82) is 0 Å². The number of piperidine rings is 1. The van der Waals surface area contributed by atoms with Gasteiger partial charge in [-0.15, -0.1) is 6.58 Å². The van der Waals surface area contributed by atoms with Gasteiger partial charge in [-0.2, -0.15) is 0 Å². The Morgan fingerprint density at radius 3 is 2.79 bits per heavy atom. The van der Waals surface area contributed by atoms with Crippen molar-refractivity contribution in [2.75, 3.05) is 19.6 Å². The molecule has 1 aliphatic heterocycles. The van der Waals surface area contributed by atoms with Crippen LogP contribution in [0.3, 0.4) is 0 Å². The van der Waals surface area contributed by atoms with Crippen LogP contribution >= 0.6 is 0 Å². The number of esters is 1. The van der Waals surface area contributed by atoms with Crippen LogP contribution in [0.2, 0.25) is 0 Å². The van der Waals surface area contributed by atoms with Crippen LogP contribution in [0, 0.1) is 11.8 Å². The number of allylic oxidation sites excluding steroid dienone is 1. The van der Waals surface area contributed by atoms with Crippen LogP contribution in [0.4, 0.5) is 0 Å². The van der Waals surface area contributed by atoms with Gasteiger partial charge >= 0.3 is 5.97 Å². The maximum Gasteiger partial charge on any atom is 0.308 e. The second-order valence-corrected chi connectivity index (χ2v) is 9.18. The Kier molecular flexibility index (Phi) is 7.94. The summed E-state index contributed by atoms with van der Waals surface area (Å²) in [7, 11) is 0. The molecule has 1 heterocycles. The molecular weight excluding hydrogens is 358 g/mol. The van der Waals surface area contributed by atoms with Crippen LogP contribution in [-0.4, -0.2) is 30.5 Å². The molecule has 0 N–H and O–H groups in total. The summed E-state index contributed by atoms with van der Waals surface area (Å²) in [6.07, 6.45) is 13.7. The number of hydrogen-bond acceptors (Lipinski definition) is 3. The molecule has 1 aliphatic carbocycles. The lowest BCUT2D eigenvalue weighted by atomic mass is 9.63. The lowest BCUT2D eigenvalue weighted by Gasteiger charge is -2.49. The fourth-order valence-corrected chi connectivity index (χ4v) is 5.78. The number of likely N-dealkylation sites (tertiary alicyclic amines) is 1. The van der Waals surface area contributed by atoms with Crippen LogP contribution in [0.25, 0.3) is 0 Å². The maximum absolute atomic E-state index is 11.4. The molecule has 3 rings (SSSR count). The molecule has 1 aromatic carbocycles. The molecular formula is C26H39NO2. The first-order valence-corrected chi connectivity index (χ1v) is 11.7. The van der Waals surface area contributed by atoms with Gasteiger partial charge in [0.1, 0.15) is 5.75 Å². The topological polar surface area (TPSA) is 29.5 Å². The zero-order valence-electron chi connectivity index (χ0n) is 18.5. The van der Waals surface area contributed by atoms with Crippen LogP contribution in [-0.2, 0) is 10.2 Å². The van der Waals surface area contributed by atoms with E-state index in [0.29, 0.717) is 11.7 Å². The average Bonchev–Trinajstić information content (AvgIpc) is 3.24. The van der Waals surface area contributed by atoms with E-state index in [1.165, 1.54) is 77.1 Å². The van der Waals surface area contributed by atoms with E-state index in [0.717, 1.165) is 18.8 Å². The largest absolute Gasteiger partial charge is 0.427 e. The number of hydrogen-bond donors (Lipinski definition) is 0. The van der Waals surface area contributed by atoms with E-state index in [4.69, 9.17) is 4.74 Å². The van der Waals surface area contributed by atoms with Crippen LogP contribution in [0.5, 0.6) is 5.75 Å². The normalized spacial score (nSPS) is 25.8. The van der Waals surface area contributed by atoms with Gasteiger partial charge in [0.05, 0.1) is 0 Å². The molecule has 1 saturated heterocycles. The van der Waals surface area contributed by atoms with E-state index >= 15 is 0 Å². The first kappa shape index (κ1) is 22.1. The van der Waals surface area contributed by atoms with Gasteiger partial charge in [0.2, 0.25) is 0 Å². The third kappa shape index (κ3) is 5.51. The summed E-state index contributed by atoms with van der Waals surface area (Å²) >= 11 is 0. The van der Waals surface area contributed by atoms with Crippen LogP contribution in [0.15, 0.2) is 36.9 Å². The zero-order chi connectivity index (χ0) is 20.7. The highest BCUT2D eigenvalue weighted by atomic mass is 16.5. The van der Waals surface area contributed by atoms with Gasteiger partial charge in [0.25, 0.3) is 0 Å². The summed E-state index contributed by atoms with van der Waals surface area (Å²) < 4.78 is 5.40. The van der Waals surface area contributed by atoms with Crippen LogP contribution in [0.1, 0.15) is 77.2 Å². The molecule has 3 heteroatoms. The molecule has 0 amide bonds. The summed E-state index contributed by atoms with van der Waals surface area (Å²) in [6, 6.07) is 8.29. The lowest BCUT2D eigenvalue weighted by Crippen LogP contribution is -2.50. The molecule has 3 nitrogen and oxygen atoms in total. The number of rotatable bonds is 9. The molecule has 0 radical (unpaired) electrons. The SMILES string of the molecule is C=CCCC1CN(CCC2CCCC2)CCC1(CC)c1cccc(OC(C)=O)c1. The van der Waals surface area contributed by atoms with Crippen molar-refractivity contribution in [1.82, 2.24) is 4.90 Å². The highest BCUT2D eigenvalue weighted by Gasteiger charge is 2.42. The van der Waals surface area contributed by atoms with Gasteiger partial charge in [0.15, 0.2) is 0 Å². The van der Waals surface area contributed by atoms with Crippen molar-refractivity contribution >= 4 is 5.97 Å². The summed E-state index contributed by atoms with van der Waals surface area (Å²) in [4.78, 5) is 14.2. The molecule has 2 fully saturated rings. The van der Waals surface area contributed by atoms with E-state index in [2.05, 4.69) is 36.6 Å². The first-order chi connectivity index (χ1) is 14.1. The van der Waals surface area contributed by atoms with E-state index < -0.39 is 0 Å². The maximum atomic E-state index is 11.4. The minimum absolute atomic E-state index is 0.156. The monoisotopic (exact) mass is 397 g/mol. The molecule has 0 bridgehead atoms. The second kappa shape index (κ2) is 10.4. The molecule has 2 atom stereocenters. The minimum atomic E-state index is -0.252. The zero-order valence-corrected chi connectivity index (χ0v) is 18.5. The highest BCUT2D eigenvalue weighted by Crippen LogP contribution is 2.45. The molecule has 29 heavy (non-hydrogen) atoms.